The zero-order valence-corrected chi connectivity index (χ0v) is 10.6. The van der Waals surface area contributed by atoms with E-state index in [1.807, 2.05) is 0 Å². The maximum atomic E-state index is 3.56. The highest BCUT2D eigenvalue weighted by atomic mass is 79.9. The lowest BCUT2D eigenvalue weighted by molar-refractivity contribution is 0.168. The SMILES string of the molecule is BrCCC1CCCN(CCC2CC2)C1. The van der Waals surface area contributed by atoms with Crippen molar-refractivity contribution in [2.75, 3.05) is 25.0 Å². The van der Waals surface area contributed by atoms with Crippen molar-refractivity contribution in [1.29, 1.82) is 0 Å². The molecule has 2 heteroatoms. The van der Waals surface area contributed by atoms with Crippen LogP contribution in [-0.4, -0.2) is 29.9 Å². The Morgan fingerprint density at radius 3 is 2.64 bits per heavy atom. The second-order valence-corrected chi connectivity index (χ2v) is 5.81. The first kappa shape index (κ1) is 10.9. The van der Waals surface area contributed by atoms with Gasteiger partial charge in [-0.3, -0.25) is 0 Å². The summed E-state index contributed by atoms with van der Waals surface area (Å²) in [5, 5.41) is 1.19. The van der Waals surface area contributed by atoms with Gasteiger partial charge in [0.25, 0.3) is 0 Å². The summed E-state index contributed by atoms with van der Waals surface area (Å²) in [6.45, 7) is 4.12. The third kappa shape index (κ3) is 3.54. The average molecular weight is 260 g/mol. The summed E-state index contributed by atoms with van der Waals surface area (Å²) in [5.74, 6) is 2.08. The Kier molecular flexibility index (Phi) is 4.30. The summed E-state index contributed by atoms with van der Waals surface area (Å²) in [6, 6.07) is 0. The molecule has 0 bridgehead atoms. The van der Waals surface area contributed by atoms with E-state index < -0.39 is 0 Å². The third-order valence-corrected chi connectivity index (χ3v) is 4.13. The molecule has 1 nitrogen and oxygen atoms in total. The largest absolute Gasteiger partial charge is 0.303 e. The summed E-state index contributed by atoms with van der Waals surface area (Å²) < 4.78 is 0. The molecule has 1 aliphatic carbocycles. The van der Waals surface area contributed by atoms with Crippen LogP contribution in [0.3, 0.4) is 0 Å². The predicted molar refractivity (Wildman–Crippen MR) is 64.9 cm³/mol. The molecule has 0 N–H and O–H groups in total. The van der Waals surface area contributed by atoms with Gasteiger partial charge >= 0.3 is 0 Å². The van der Waals surface area contributed by atoms with Crippen LogP contribution >= 0.6 is 15.9 Å². The van der Waals surface area contributed by atoms with E-state index in [9.17, 15) is 0 Å². The number of alkyl halides is 1. The molecule has 0 aromatic heterocycles. The van der Waals surface area contributed by atoms with Gasteiger partial charge in [-0.2, -0.15) is 0 Å². The van der Waals surface area contributed by atoms with E-state index in [-0.39, 0.29) is 0 Å². The Hall–Kier alpha value is 0.440. The smallest absolute Gasteiger partial charge is 0.00344 e. The van der Waals surface area contributed by atoms with E-state index >= 15 is 0 Å². The molecule has 1 heterocycles. The van der Waals surface area contributed by atoms with Gasteiger partial charge in [0.1, 0.15) is 0 Å². The molecule has 0 aromatic carbocycles. The van der Waals surface area contributed by atoms with E-state index in [1.54, 1.807) is 0 Å². The van der Waals surface area contributed by atoms with Gasteiger partial charge in [-0.15, -0.1) is 0 Å². The number of likely N-dealkylation sites (tertiary alicyclic amines) is 1. The monoisotopic (exact) mass is 259 g/mol. The lowest BCUT2D eigenvalue weighted by Gasteiger charge is -2.32. The van der Waals surface area contributed by atoms with Gasteiger partial charge in [0.2, 0.25) is 0 Å². The fourth-order valence-corrected chi connectivity index (χ4v) is 3.16. The van der Waals surface area contributed by atoms with E-state index in [0.29, 0.717) is 0 Å². The molecule has 82 valence electrons. The van der Waals surface area contributed by atoms with Crippen molar-refractivity contribution in [3.63, 3.8) is 0 Å². The molecule has 1 aliphatic heterocycles. The van der Waals surface area contributed by atoms with Gasteiger partial charge in [-0.1, -0.05) is 28.8 Å². The zero-order valence-electron chi connectivity index (χ0n) is 9.05. The van der Waals surface area contributed by atoms with Gasteiger partial charge in [0, 0.05) is 11.9 Å². The van der Waals surface area contributed by atoms with E-state index in [2.05, 4.69) is 20.8 Å². The van der Waals surface area contributed by atoms with Crippen LogP contribution in [0.5, 0.6) is 0 Å². The molecule has 2 aliphatic rings. The molecular formula is C12H22BrN. The minimum absolute atomic E-state index is 0.974. The molecule has 2 rings (SSSR count). The zero-order chi connectivity index (χ0) is 9.80. The first-order valence-electron chi connectivity index (χ1n) is 6.17. The number of hydrogen-bond acceptors (Lipinski definition) is 1. The lowest BCUT2D eigenvalue weighted by atomic mass is 9.95. The molecule has 0 amide bonds. The van der Waals surface area contributed by atoms with Crippen molar-refractivity contribution >= 4 is 15.9 Å². The Bertz CT molecular complexity index is 166. The van der Waals surface area contributed by atoms with Gasteiger partial charge in [-0.25, -0.2) is 0 Å². The van der Waals surface area contributed by atoms with Crippen molar-refractivity contribution in [1.82, 2.24) is 4.90 Å². The summed E-state index contributed by atoms with van der Waals surface area (Å²) in [6.07, 6.45) is 8.77. The van der Waals surface area contributed by atoms with Crippen LogP contribution in [0.4, 0.5) is 0 Å². The van der Waals surface area contributed by atoms with Crippen molar-refractivity contribution in [2.45, 2.75) is 38.5 Å². The fraction of sp³-hybridized carbons (Fsp3) is 1.00. The van der Waals surface area contributed by atoms with Crippen LogP contribution in [0, 0.1) is 11.8 Å². The molecule has 1 saturated carbocycles. The third-order valence-electron chi connectivity index (χ3n) is 3.67. The van der Waals surface area contributed by atoms with Crippen LogP contribution in [-0.2, 0) is 0 Å². The lowest BCUT2D eigenvalue weighted by Crippen LogP contribution is -2.36. The minimum Gasteiger partial charge on any atom is -0.303 e. The molecule has 0 radical (unpaired) electrons. The van der Waals surface area contributed by atoms with E-state index in [1.165, 1.54) is 63.5 Å². The van der Waals surface area contributed by atoms with Gasteiger partial charge in [0.05, 0.1) is 0 Å². The van der Waals surface area contributed by atoms with Crippen molar-refractivity contribution in [3.05, 3.63) is 0 Å². The van der Waals surface area contributed by atoms with Crippen LogP contribution in [0.25, 0.3) is 0 Å². The Balaban J connectivity index is 1.64. The Morgan fingerprint density at radius 2 is 1.93 bits per heavy atom. The minimum atomic E-state index is 0.974. The quantitative estimate of drug-likeness (QED) is 0.686. The summed E-state index contributed by atoms with van der Waals surface area (Å²) >= 11 is 3.56. The molecule has 0 aromatic rings. The summed E-state index contributed by atoms with van der Waals surface area (Å²) in [5.41, 5.74) is 0. The second-order valence-electron chi connectivity index (χ2n) is 5.02. The first-order chi connectivity index (χ1) is 6.88. The summed E-state index contributed by atoms with van der Waals surface area (Å²) in [4.78, 5) is 2.70. The Morgan fingerprint density at radius 1 is 1.07 bits per heavy atom. The second kappa shape index (κ2) is 5.50. The highest BCUT2D eigenvalue weighted by Gasteiger charge is 2.24. The normalized spacial score (nSPS) is 29.4. The fourth-order valence-electron chi connectivity index (χ4n) is 2.52. The van der Waals surface area contributed by atoms with Crippen LogP contribution in [0.1, 0.15) is 38.5 Å². The van der Waals surface area contributed by atoms with Crippen molar-refractivity contribution in [3.8, 4) is 0 Å². The highest BCUT2D eigenvalue weighted by molar-refractivity contribution is 9.09. The molecule has 1 saturated heterocycles. The number of piperidine rings is 1. The predicted octanol–water partition coefficient (Wildman–Crippen LogP) is 3.28. The van der Waals surface area contributed by atoms with Gasteiger partial charge in [-0.05, 0) is 50.6 Å². The molecule has 1 unspecified atom stereocenters. The van der Waals surface area contributed by atoms with Gasteiger partial charge < -0.3 is 4.90 Å². The number of hydrogen-bond donors (Lipinski definition) is 0. The number of nitrogens with zero attached hydrogens (tertiary/aromatic N) is 1. The van der Waals surface area contributed by atoms with Gasteiger partial charge in [0.15, 0.2) is 0 Å². The van der Waals surface area contributed by atoms with Crippen LogP contribution < -0.4 is 0 Å². The molecule has 1 atom stereocenters. The standard InChI is InChI=1S/C12H22BrN/c13-7-5-12-2-1-8-14(10-12)9-6-11-3-4-11/h11-12H,1-10H2. The maximum absolute atomic E-state index is 3.56. The van der Waals surface area contributed by atoms with E-state index in [0.717, 1.165) is 11.8 Å². The molecule has 14 heavy (non-hydrogen) atoms. The maximum Gasteiger partial charge on any atom is 0.00344 e. The molecular weight excluding hydrogens is 238 g/mol. The average Bonchev–Trinajstić information content (AvgIpc) is 2.99. The van der Waals surface area contributed by atoms with Crippen LogP contribution in [0.15, 0.2) is 0 Å². The Labute approximate surface area is 96.4 Å². The van der Waals surface area contributed by atoms with Crippen LogP contribution in [0.2, 0.25) is 0 Å². The topological polar surface area (TPSA) is 3.24 Å². The first-order valence-corrected chi connectivity index (χ1v) is 7.29. The molecule has 0 spiro atoms. The van der Waals surface area contributed by atoms with E-state index in [4.69, 9.17) is 0 Å². The van der Waals surface area contributed by atoms with Crippen molar-refractivity contribution < 1.29 is 0 Å². The summed E-state index contributed by atoms with van der Waals surface area (Å²) in [7, 11) is 0. The highest BCUT2D eigenvalue weighted by Crippen LogP contribution is 2.33. The molecule has 2 fully saturated rings. The number of rotatable bonds is 5. The number of halogens is 1. The van der Waals surface area contributed by atoms with Crippen molar-refractivity contribution in [2.24, 2.45) is 11.8 Å².